The lowest BCUT2D eigenvalue weighted by Gasteiger charge is -2.30. The zero-order chi connectivity index (χ0) is 14.3. The van der Waals surface area contributed by atoms with Crippen LogP contribution in [0.4, 0.5) is 4.39 Å². The van der Waals surface area contributed by atoms with Gasteiger partial charge in [-0.1, -0.05) is 32.0 Å². The SMILES string of the molecule is CCC(CC)(CO)CNCC(O)c1ccccc1F. The van der Waals surface area contributed by atoms with Gasteiger partial charge in [-0.05, 0) is 18.9 Å². The molecule has 0 aromatic heterocycles. The van der Waals surface area contributed by atoms with E-state index in [4.69, 9.17) is 0 Å². The molecule has 0 fully saturated rings. The minimum atomic E-state index is -0.869. The Labute approximate surface area is 114 Å². The summed E-state index contributed by atoms with van der Waals surface area (Å²) in [6, 6.07) is 6.23. The van der Waals surface area contributed by atoms with Gasteiger partial charge in [-0.15, -0.1) is 0 Å². The van der Waals surface area contributed by atoms with Crippen molar-refractivity contribution in [2.24, 2.45) is 5.41 Å². The quantitative estimate of drug-likeness (QED) is 0.678. The molecule has 1 atom stereocenters. The van der Waals surface area contributed by atoms with Gasteiger partial charge < -0.3 is 15.5 Å². The highest BCUT2D eigenvalue weighted by Gasteiger charge is 2.25. The first kappa shape index (κ1) is 16.1. The Balaban J connectivity index is 2.51. The fourth-order valence-corrected chi connectivity index (χ4v) is 2.11. The number of benzene rings is 1. The highest BCUT2D eigenvalue weighted by molar-refractivity contribution is 5.19. The Hall–Kier alpha value is -0.970. The van der Waals surface area contributed by atoms with Crippen molar-refractivity contribution >= 4 is 0 Å². The molecule has 0 saturated carbocycles. The van der Waals surface area contributed by atoms with E-state index < -0.39 is 11.9 Å². The summed E-state index contributed by atoms with van der Waals surface area (Å²) in [5.74, 6) is -0.392. The van der Waals surface area contributed by atoms with Crippen LogP contribution in [0.5, 0.6) is 0 Å². The molecule has 1 aromatic rings. The van der Waals surface area contributed by atoms with E-state index in [2.05, 4.69) is 5.32 Å². The van der Waals surface area contributed by atoms with Crippen molar-refractivity contribution in [2.45, 2.75) is 32.8 Å². The molecule has 1 rings (SSSR count). The number of hydrogen-bond donors (Lipinski definition) is 3. The molecular formula is C15H24FNO2. The third-order valence-electron chi connectivity index (χ3n) is 3.94. The first-order valence-electron chi connectivity index (χ1n) is 6.82. The Morgan fingerprint density at radius 1 is 1.26 bits per heavy atom. The van der Waals surface area contributed by atoms with Gasteiger partial charge in [0, 0.05) is 30.7 Å². The number of hydrogen-bond acceptors (Lipinski definition) is 3. The summed E-state index contributed by atoms with van der Waals surface area (Å²) in [6.07, 6.45) is 0.859. The first-order chi connectivity index (χ1) is 9.08. The van der Waals surface area contributed by atoms with Crippen LogP contribution in [-0.2, 0) is 0 Å². The van der Waals surface area contributed by atoms with Crippen molar-refractivity contribution in [3.05, 3.63) is 35.6 Å². The van der Waals surface area contributed by atoms with Crippen LogP contribution in [0.15, 0.2) is 24.3 Å². The van der Waals surface area contributed by atoms with E-state index >= 15 is 0 Å². The van der Waals surface area contributed by atoms with Crippen LogP contribution in [0.2, 0.25) is 0 Å². The molecule has 108 valence electrons. The molecule has 0 bridgehead atoms. The Morgan fingerprint density at radius 3 is 2.42 bits per heavy atom. The molecule has 0 aliphatic heterocycles. The van der Waals surface area contributed by atoms with Gasteiger partial charge in [0.05, 0.1) is 6.10 Å². The van der Waals surface area contributed by atoms with Crippen molar-refractivity contribution in [3.63, 3.8) is 0 Å². The fourth-order valence-electron chi connectivity index (χ4n) is 2.11. The lowest BCUT2D eigenvalue weighted by atomic mass is 9.83. The van der Waals surface area contributed by atoms with Crippen molar-refractivity contribution in [2.75, 3.05) is 19.7 Å². The number of aliphatic hydroxyl groups is 2. The van der Waals surface area contributed by atoms with E-state index in [9.17, 15) is 14.6 Å². The second-order valence-electron chi connectivity index (χ2n) is 5.03. The predicted octanol–water partition coefficient (Wildman–Crippen LogP) is 2.25. The lowest BCUT2D eigenvalue weighted by molar-refractivity contribution is 0.103. The third kappa shape index (κ3) is 4.27. The van der Waals surface area contributed by atoms with Gasteiger partial charge in [-0.2, -0.15) is 0 Å². The van der Waals surface area contributed by atoms with Crippen LogP contribution in [-0.4, -0.2) is 29.9 Å². The number of halogens is 1. The second kappa shape index (κ2) is 7.58. The van der Waals surface area contributed by atoms with E-state index in [1.807, 2.05) is 13.8 Å². The van der Waals surface area contributed by atoms with E-state index in [0.717, 1.165) is 12.8 Å². The van der Waals surface area contributed by atoms with Gasteiger partial charge >= 0.3 is 0 Å². The summed E-state index contributed by atoms with van der Waals surface area (Å²) in [6.45, 7) is 5.08. The van der Waals surface area contributed by atoms with E-state index in [0.29, 0.717) is 12.1 Å². The van der Waals surface area contributed by atoms with Crippen LogP contribution >= 0.6 is 0 Å². The van der Waals surface area contributed by atoms with E-state index in [1.165, 1.54) is 6.07 Å². The van der Waals surface area contributed by atoms with Crippen LogP contribution in [0.25, 0.3) is 0 Å². The van der Waals surface area contributed by atoms with Gasteiger partial charge in [0.1, 0.15) is 5.82 Å². The standard InChI is InChI=1S/C15H24FNO2/c1-3-15(4-2,11-18)10-17-9-14(19)12-7-5-6-8-13(12)16/h5-8,14,17-19H,3-4,9-11H2,1-2H3. The summed E-state index contributed by atoms with van der Waals surface area (Å²) in [7, 11) is 0. The van der Waals surface area contributed by atoms with Crippen LogP contribution in [0.3, 0.4) is 0 Å². The average Bonchev–Trinajstić information content (AvgIpc) is 2.44. The molecule has 0 heterocycles. The third-order valence-corrected chi connectivity index (χ3v) is 3.94. The zero-order valence-corrected chi connectivity index (χ0v) is 11.7. The molecule has 0 radical (unpaired) electrons. The molecule has 1 aromatic carbocycles. The Morgan fingerprint density at radius 2 is 1.89 bits per heavy atom. The summed E-state index contributed by atoms with van der Waals surface area (Å²) in [4.78, 5) is 0. The lowest BCUT2D eigenvalue weighted by Crippen LogP contribution is -2.38. The Kier molecular flexibility index (Phi) is 6.42. The zero-order valence-electron chi connectivity index (χ0n) is 11.7. The minimum absolute atomic E-state index is 0.114. The monoisotopic (exact) mass is 269 g/mol. The predicted molar refractivity (Wildman–Crippen MR) is 74.3 cm³/mol. The van der Waals surface area contributed by atoms with Gasteiger partial charge in [-0.25, -0.2) is 4.39 Å². The fraction of sp³-hybridized carbons (Fsp3) is 0.600. The normalized spacial score (nSPS) is 13.5. The molecule has 0 aliphatic rings. The molecule has 0 amide bonds. The first-order valence-corrected chi connectivity index (χ1v) is 6.82. The topological polar surface area (TPSA) is 52.5 Å². The van der Waals surface area contributed by atoms with E-state index in [-0.39, 0.29) is 18.6 Å². The number of rotatable bonds is 8. The van der Waals surface area contributed by atoms with Gasteiger partial charge in [-0.3, -0.25) is 0 Å². The maximum absolute atomic E-state index is 13.5. The Bertz CT molecular complexity index is 372. The molecule has 3 nitrogen and oxygen atoms in total. The molecule has 4 heteroatoms. The van der Waals surface area contributed by atoms with Crippen molar-refractivity contribution < 1.29 is 14.6 Å². The molecule has 0 aliphatic carbocycles. The average molecular weight is 269 g/mol. The molecular weight excluding hydrogens is 245 g/mol. The maximum Gasteiger partial charge on any atom is 0.129 e. The highest BCUT2D eigenvalue weighted by Crippen LogP contribution is 2.24. The minimum Gasteiger partial charge on any atom is -0.396 e. The van der Waals surface area contributed by atoms with Crippen molar-refractivity contribution in [1.29, 1.82) is 0 Å². The highest BCUT2D eigenvalue weighted by atomic mass is 19.1. The van der Waals surface area contributed by atoms with E-state index in [1.54, 1.807) is 18.2 Å². The van der Waals surface area contributed by atoms with Gasteiger partial charge in [0.2, 0.25) is 0 Å². The largest absolute Gasteiger partial charge is 0.396 e. The second-order valence-corrected chi connectivity index (χ2v) is 5.03. The number of aliphatic hydroxyl groups excluding tert-OH is 2. The summed E-state index contributed by atoms with van der Waals surface area (Å²) >= 11 is 0. The van der Waals surface area contributed by atoms with Gasteiger partial charge in [0.25, 0.3) is 0 Å². The smallest absolute Gasteiger partial charge is 0.129 e. The maximum atomic E-state index is 13.5. The van der Waals surface area contributed by atoms with Crippen LogP contribution in [0.1, 0.15) is 38.4 Å². The van der Waals surface area contributed by atoms with Crippen LogP contribution < -0.4 is 5.32 Å². The molecule has 19 heavy (non-hydrogen) atoms. The van der Waals surface area contributed by atoms with Crippen LogP contribution in [0, 0.1) is 11.2 Å². The van der Waals surface area contributed by atoms with Crippen molar-refractivity contribution in [3.8, 4) is 0 Å². The van der Waals surface area contributed by atoms with Gasteiger partial charge in [0.15, 0.2) is 0 Å². The summed E-state index contributed by atoms with van der Waals surface area (Å²) < 4.78 is 13.5. The molecule has 3 N–H and O–H groups in total. The summed E-state index contributed by atoms with van der Waals surface area (Å²) in [5, 5.41) is 22.5. The summed E-state index contributed by atoms with van der Waals surface area (Å²) in [5.41, 5.74) is 0.146. The molecule has 0 spiro atoms. The molecule has 0 saturated heterocycles. The number of nitrogens with one attached hydrogen (secondary N) is 1. The van der Waals surface area contributed by atoms with Crippen molar-refractivity contribution in [1.82, 2.24) is 5.32 Å². The molecule has 1 unspecified atom stereocenters.